The lowest BCUT2D eigenvalue weighted by Gasteiger charge is -2.39. The second-order valence-corrected chi connectivity index (χ2v) is 14.8. The van der Waals surface area contributed by atoms with Crippen molar-refractivity contribution in [1.29, 1.82) is 0 Å². The SMILES string of the molecule is CC(C)(C)[Si](C)(C)OC(=CCCCc1ccccc1)[C@@H]1CCC2OC(O)C[C@H]21. The molecule has 1 saturated carbocycles. The van der Waals surface area contributed by atoms with Gasteiger partial charge in [-0.15, -0.1) is 0 Å². The summed E-state index contributed by atoms with van der Waals surface area (Å²) in [6.45, 7) is 11.6. The lowest BCUT2D eigenvalue weighted by atomic mass is 9.90. The van der Waals surface area contributed by atoms with E-state index in [-0.39, 0.29) is 11.1 Å². The summed E-state index contributed by atoms with van der Waals surface area (Å²) in [5.41, 5.74) is 1.40. The Balaban J connectivity index is 1.71. The molecule has 4 heteroatoms. The van der Waals surface area contributed by atoms with E-state index in [1.807, 2.05) is 0 Å². The molecule has 0 bridgehead atoms. The van der Waals surface area contributed by atoms with Crippen LogP contribution in [0, 0.1) is 11.8 Å². The first-order valence-corrected chi connectivity index (χ1v) is 13.8. The highest BCUT2D eigenvalue weighted by atomic mass is 28.4. The van der Waals surface area contributed by atoms with Crippen molar-refractivity contribution in [2.45, 2.75) is 89.8 Å². The van der Waals surface area contributed by atoms with E-state index in [0.29, 0.717) is 11.8 Å². The zero-order valence-corrected chi connectivity index (χ0v) is 19.3. The van der Waals surface area contributed by atoms with E-state index in [2.05, 4.69) is 70.3 Å². The Morgan fingerprint density at radius 2 is 1.93 bits per heavy atom. The number of unbranched alkanes of at least 4 members (excludes halogenated alkanes) is 1. The Hall–Kier alpha value is -1.10. The van der Waals surface area contributed by atoms with E-state index in [0.717, 1.165) is 38.5 Å². The second-order valence-electron chi connectivity index (χ2n) is 10.1. The zero-order valence-electron chi connectivity index (χ0n) is 18.3. The van der Waals surface area contributed by atoms with Crippen molar-refractivity contribution in [1.82, 2.24) is 0 Å². The molecule has 1 aliphatic carbocycles. The van der Waals surface area contributed by atoms with Gasteiger partial charge in [-0.1, -0.05) is 51.1 Å². The van der Waals surface area contributed by atoms with Gasteiger partial charge in [-0.2, -0.15) is 0 Å². The Morgan fingerprint density at radius 3 is 2.61 bits per heavy atom. The Labute approximate surface area is 172 Å². The third kappa shape index (κ3) is 5.08. The van der Waals surface area contributed by atoms with Gasteiger partial charge >= 0.3 is 0 Å². The summed E-state index contributed by atoms with van der Waals surface area (Å²) in [6, 6.07) is 10.7. The number of aliphatic hydroxyl groups excluding tert-OH is 1. The Morgan fingerprint density at radius 1 is 1.21 bits per heavy atom. The molecule has 156 valence electrons. The van der Waals surface area contributed by atoms with Crippen molar-refractivity contribution < 1.29 is 14.3 Å². The highest BCUT2D eigenvalue weighted by Gasteiger charge is 2.48. The van der Waals surface area contributed by atoms with Crippen molar-refractivity contribution >= 4 is 8.32 Å². The lowest BCUT2D eigenvalue weighted by molar-refractivity contribution is -0.0906. The molecule has 2 fully saturated rings. The number of aliphatic hydroxyl groups is 1. The van der Waals surface area contributed by atoms with Crippen LogP contribution in [-0.4, -0.2) is 25.8 Å². The van der Waals surface area contributed by atoms with Crippen molar-refractivity contribution in [3.63, 3.8) is 0 Å². The van der Waals surface area contributed by atoms with Gasteiger partial charge in [0.25, 0.3) is 0 Å². The van der Waals surface area contributed by atoms with Crippen LogP contribution >= 0.6 is 0 Å². The summed E-state index contributed by atoms with van der Waals surface area (Å²) >= 11 is 0. The number of ether oxygens (including phenoxy) is 1. The molecule has 1 aromatic rings. The molecule has 0 spiro atoms. The molecule has 3 nitrogen and oxygen atoms in total. The van der Waals surface area contributed by atoms with Crippen molar-refractivity contribution in [2.24, 2.45) is 11.8 Å². The fourth-order valence-corrected chi connectivity index (χ4v) is 5.40. The number of fused-ring (bicyclic) bond motifs is 1. The van der Waals surface area contributed by atoms with Gasteiger partial charge in [-0.25, -0.2) is 0 Å². The number of hydrogen-bond acceptors (Lipinski definition) is 3. The van der Waals surface area contributed by atoms with Crippen LogP contribution in [0.25, 0.3) is 0 Å². The van der Waals surface area contributed by atoms with Crippen LogP contribution in [0.1, 0.15) is 58.4 Å². The molecule has 1 N–H and O–H groups in total. The summed E-state index contributed by atoms with van der Waals surface area (Å²) in [6.07, 6.45) is 8.14. The minimum absolute atomic E-state index is 0.180. The second kappa shape index (κ2) is 8.72. The van der Waals surface area contributed by atoms with Gasteiger partial charge in [-0.05, 0) is 67.8 Å². The summed E-state index contributed by atoms with van der Waals surface area (Å²) in [7, 11) is -1.89. The third-order valence-corrected chi connectivity index (χ3v) is 11.3. The molecule has 28 heavy (non-hydrogen) atoms. The summed E-state index contributed by atoms with van der Waals surface area (Å²) in [5, 5.41) is 10.1. The number of allylic oxidation sites excluding steroid dienone is 2. The molecule has 1 aromatic carbocycles. The number of aryl methyl sites for hydroxylation is 1. The molecule has 0 amide bonds. The molecule has 1 aliphatic heterocycles. The average Bonchev–Trinajstić information content (AvgIpc) is 3.16. The van der Waals surface area contributed by atoms with Gasteiger partial charge in [0.2, 0.25) is 8.32 Å². The predicted octanol–water partition coefficient (Wildman–Crippen LogP) is 6.05. The van der Waals surface area contributed by atoms with E-state index in [9.17, 15) is 5.11 Å². The van der Waals surface area contributed by atoms with Crippen molar-refractivity contribution in [3.8, 4) is 0 Å². The van der Waals surface area contributed by atoms with Gasteiger partial charge in [0, 0.05) is 12.3 Å². The molecule has 2 unspecified atom stereocenters. The van der Waals surface area contributed by atoms with Crippen LogP contribution in [0.15, 0.2) is 42.2 Å². The molecule has 1 heterocycles. The quantitative estimate of drug-likeness (QED) is 0.343. The van der Waals surface area contributed by atoms with Gasteiger partial charge in [0.15, 0.2) is 6.29 Å². The zero-order chi connectivity index (χ0) is 20.4. The highest BCUT2D eigenvalue weighted by molar-refractivity contribution is 6.74. The van der Waals surface area contributed by atoms with Crippen LogP contribution in [0.5, 0.6) is 0 Å². The van der Waals surface area contributed by atoms with Crippen molar-refractivity contribution in [3.05, 3.63) is 47.7 Å². The van der Waals surface area contributed by atoms with Crippen LogP contribution in [-0.2, 0) is 15.6 Å². The van der Waals surface area contributed by atoms with Crippen LogP contribution in [0.4, 0.5) is 0 Å². The Bertz CT molecular complexity index is 662. The predicted molar refractivity (Wildman–Crippen MR) is 117 cm³/mol. The van der Waals surface area contributed by atoms with E-state index in [1.54, 1.807) is 0 Å². The average molecular weight is 403 g/mol. The number of hydrogen-bond donors (Lipinski definition) is 1. The maximum absolute atomic E-state index is 9.96. The molecular weight excluding hydrogens is 364 g/mol. The lowest BCUT2D eigenvalue weighted by Crippen LogP contribution is -2.41. The fourth-order valence-electron chi connectivity index (χ4n) is 4.27. The van der Waals surface area contributed by atoms with Gasteiger partial charge < -0.3 is 14.3 Å². The van der Waals surface area contributed by atoms with Gasteiger partial charge in [0.1, 0.15) is 0 Å². The minimum atomic E-state index is -1.89. The van der Waals surface area contributed by atoms with E-state index in [4.69, 9.17) is 9.16 Å². The Kier molecular flexibility index (Phi) is 6.73. The first-order valence-electron chi connectivity index (χ1n) is 10.9. The molecule has 4 atom stereocenters. The maximum Gasteiger partial charge on any atom is 0.250 e. The topological polar surface area (TPSA) is 38.7 Å². The van der Waals surface area contributed by atoms with Crippen molar-refractivity contribution in [2.75, 3.05) is 0 Å². The largest absolute Gasteiger partial charge is 0.547 e. The summed E-state index contributed by atoms with van der Waals surface area (Å²) in [4.78, 5) is 0. The molecule has 0 aromatic heterocycles. The normalized spacial score (nSPS) is 28.4. The van der Waals surface area contributed by atoms with Gasteiger partial charge in [0.05, 0.1) is 11.9 Å². The smallest absolute Gasteiger partial charge is 0.250 e. The molecule has 1 saturated heterocycles. The minimum Gasteiger partial charge on any atom is -0.547 e. The number of rotatable bonds is 7. The molecule has 3 rings (SSSR count). The van der Waals surface area contributed by atoms with Gasteiger partial charge in [-0.3, -0.25) is 0 Å². The number of benzene rings is 1. The maximum atomic E-state index is 9.96. The summed E-state index contributed by atoms with van der Waals surface area (Å²) < 4.78 is 12.6. The fraction of sp³-hybridized carbons (Fsp3) is 0.667. The highest BCUT2D eigenvalue weighted by Crippen LogP contribution is 2.48. The summed E-state index contributed by atoms with van der Waals surface area (Å²) in [5.74, 6) is 1.98. The van der Waals surface area contributed by atoms with Crippen LogP contribution < -0.4 is 0 Å². The molecular formula is C24H38O3Si. The first-order chi connectivity index (χ1) is 13.2. The van der Waals surface area contributed by atoms with E-state index in [1.165, 1.54) is 11.3 Å². The molecule has 2 aliphatic rings. The third-order valence-electron chi connectivity index (χ3n) is 6.96. The monoisotopic (exact) mass is 402 g/mol. The van der Waals surface area contributed by atoms with E-state index < -0.39 is 14.6 Å². The van der Waals surface area contributed by atoms with E-state index >= 15 is 0 Å². The standard InChI is InChI=1S/C24H38O3Si/c1-24(2,3)28(4,5)27-22(14-10-9-13-18-11-7-6-8-12-18)19-15-16-21-20(19)17-23(25)26-21/h6-8,11-12,14,19-21,23,25H,9-10,13,15-17H2,1-5H3/t19-,20+,21?,23?/m1/s1. The first kappa shape index (κ1) is 21.6. The van der Waals surface area contributed by atoms with Crippen LogP contribution in [0.3, 0.4) is 0 Å². The molecule has 0 radical (unpaired) electrons. The van der Waals surface area contributed by atoms with Crippen LogP contribution in [0.2, 0.25) is 18.1 Å².